The Bertz CT molecular complexity index is 740. The molecule has 0 unspecified atom stereocenters. The molecule has 0 atom stereocenters. The molecule has 0 aliphatic carbocycles. The van der Waals surface area contributed by atoms with Crippen LogP contribution in [0.3, 0.4) is 0 Å². The molecule has 0 fully saturated rings. The third kappa shape index (κ3) is 4.47. The second kappa shape index (κ2) is 8.13. The van der Waals surface area contributed by atoms with Gasteiger partial charge in [0.25, 0.3) is 5.91 Å². The first-order valence-electron chi connectivity index (χ1n) is 6.72. The number of rotatable bonds is 6. The van der Waals surface area contributed by atoms with Crippen LogP contribution >= 0.6 is 22.6 Å². The minimum Gasteiger partial charge on any atom is -0.493 e. The molecular formula is C16H14F2INO4. The number of nitrogens with one attached hydrogen (secondary N) is 1. The van der Waals surface area contributed by atoms with E-state index in [9.17, 15) is 13.6 Å². The van der Waals surface area contributed by atoms with E-state index in [1.165, 1.54) is 32.4 Å². The number of benzene rings is 2. The van der Waals surface area contributed by atoms with Gasteiger partial charge in [0.05, 0.1) is 19.8 Å². The summed E-state index contributed by atoms with van der Waals surface area (Å²) in [6.45, 7) is -2.93. The Kier molecular flexibility index (Phi) is 6.18. The van der Waals surface area contributed by atoms with Gasteiger partial charge in [-0.25, -0.2) is 0 Å². The molecule has 8 heteroatoms. The molecule has 5 nitrogen and oxygen atoms in total. The van der Waals surface area contributed by atoms with Gasteiger partial charge in [-0.1, -0.05) is 6.07 Å². The van der Waals surface area contributed by atoms with Gasteiger partial charge in [0.1, 0.15) is 5.75 Å². The first kappa shape index (κ1) is 18.2. The van der Waals surface area contributed by atoms with Crippen LogP contribution in [0.2, 0.25) is 0 Å². The minimum absolute atomic E-state index is 0.0372. The lowest BCUT2D eigenvalue weighted by molar-refractivity contribution is -0.0497. The maximum absolute atomic E-state index is 12.4. The van der Waals surface area contributed by atoms with Crippen LogP contribution in [0.1, 0.15) is 10.4 Å². The Hall–Kier alpha value is -2.10. The van der Waals surface area contributed by atoms with Gasteiger partial charge in [0.2, 0.25) is 0 Å². The Morgan fingerprint density at radius 3 is 2.42 bits per heavy atom. The predicted octanol–water partition coefficient (Wildman–Crippen LogP) is 4.16. The van der Waals surface area contributed by atoms with E-state index in [0.717, 1.165) is 0 Å². The molecule has 0 aromatic heterocycles. The molecule has 2 aromatic carbocycles. The molecule has 0 bridgehead atoms. The number of hydrogen-bond acceptors (Lipinski definition) is 4. The molecule has 2 aromatic rings. The summed E-state index contributed by atoms with van der Waals surface area (Å²) in [6.07, 6.45) is 0. The van der Waals surface area contributed by atoms with Crippen molar-refractivity contribution in [3.05, 3.63) is 45.5 Å². The molecule has 2 rings (SSSR count). The zero-order valence-corrected chi connectivity index (χ0v) is 15.0. The summed E-state index contributed by atoms with van der Waals surface area (Å²) in [5, 5.41) is 2.64. The first-order chi connectivity index (χ1) is 11.4. The molecule has 128 valence electrons. The smallest absolute Gasteiger partial charge is 0.387 e. The van der Waals surface area contributed by atoms with Crippen molar-refractivity contribution in [1.29, 1.82) is 0 Å². The van der Waals surface area contributed by atoms with Gasteiger partial charge in [0, 0.05) is 15.3 Å². The minimum atomic E-state index is -2.93. The summed E-state index contributed by atoms with van der Waals surface area (Å²) in [4.78, 5) is 12.4. The van der Waals surface area contributed by atoms with Crippen molar-refractivity contribution in [1.82, 2.24) is 0 Å². The summed E-state index contributed by atoms with van der Waals surface area (Å²) < 4.78 is 39.8. The van der Waals surface area contributed by atoms with Gasteiger partial charge >= 0.3 is 6.61 Å². The number of anilines is 1. The van der Waals surface area contributed by atoms with E-state index in [2.05, 4.69) is 10.1 Å². The van der Waals surface area contributed by atoms with E-state index in [1.807, 2.05) is 22.6 Å². The van der Waals surface area contributed by atoms with Gasteiger partial charge in [-0.3, -0.25) is 4.79 Å². The standard InChI is InChI=1S/C16H14F2INO4/c1-22-13-7-11(12(19)8-14(13)23-2)15(21)20-9-4-3-5-10(6-9)24-16(17)18/h3-8,16H,1-2H3,(H,20,21). The van der Waals surface area contributed by atoms with Crippen molar-refractivity contribution in [3.8, 4) is 17.2 Å². The van der Waals surface area contributed by atoms with Crippen molar-refractivity contribution in [2.75, 3.05) is 19.5 Å². The number of halogens is 3. The van der Waals surface area contributed by atoms with E-state index in [1.54, 1.807) is 18.2 Å². The molecular weight excluding hydrogens is 435 g/mol. The average Bonchev–Trinajstić information content (AvgIpc) is 2.54. The largest absolute Gasteiger partial charge is 0.493 e. The number of alkyl halides is 2. The lowest BCUT2D eigenvalue weighted by Crippen LogP contribution is -2.14. The topological polar surface area (TPSA) is 56.8 Å². The number of ether oxygens (including phenoxy) is 3. The second-order valence-electron chi connectivity index (χ2n) is 4.55. The van der Waals surface area contributed by atoms with Crippen LogP contribution in [0, 0.1) is 3.57 Å². The van der Waals surface area contributed by atoms with Crippen LogP contribution in [-0.2, 0) is 0 Å². The maximum Gasteiger partial charge on any atom is 0.387 e. The Morgan fingerprint density at radius 2 is 1.79 bits per heavy atom. The summed E-state index contributed by atoms with van der Waals surface area (Å²) in [6, 6.07) is 9.00. The number of amides is 1. The molecule has 1 N–H and O–H groups in total. The highest BCUT2D eigenvalue weighted by Crippen LogP contribution is 2.32. The van der Waals surface area contributed by atoms with Crippen molar-refractivity contribution in [2.45, 2.75) is 6.61 Å². The molecule has 24 heavy (non-hydrogen) atoms. The summed E-state index contributed by atoms with van der Waals surface area (Å²) in [5.74, 6) is 0.475. The third-order valence-corrected chi connectivity index (χ3v) is 3.93. The molecule has 0 saturated heterocycles. The summed E-state index contributed by atoms with van der Waals surface area (Å²) in [5.41, 5.74) is 0.706. The molecule has 0 radical (unpaired) electrons. The normalized spacial score (nSPS) is 10.4. The predicted molar refractivity (Wildman–Crippen MR) is 93.3 cm³/mol. The second-order valence-corrected chi connectivity index (χ2v) is 5.71. The van der Waals surface area contributed by atoms with Crippen molar-refractivity contribution in [2.24, 2.45) is 0 Å². The van der Waals surface area contributed by atoms with Gasteiger partial charge in [0.15, 0.2) is 11.5 Å². The quantitative estimate of drug-likeness (QED) is 0.674. The van der Waals surface area contributed by atoms with E-state index < -0.39 is 12.5 Å². The fraction of sp³-hybridized carbons (Fsp3) is 0.188. The van der Waals surface area contributed by atoms with Crippen LogP contribution in [-0.4, -0.2) is 26.7 Å². The molecule has 1 amide bonds. The SMILES string of the molecule is COc1cc(I)c(C(=O)Nc2cccc(OC(F)F)c2)cc1OC. The van der Waals surface area contributed by atoms with E-state index >= 15 is 0 Å². The lowest BCUT2D eigenvalue weighted by atomic mass is 10.1. The Labute approximate surface area is 151 Å². The highest BCUT2D eigenvalue weighted by Gasteiger charge is 2.16. The van der Waals surface area contributed by atoms with Gasteiger partial charge in [-0.15, -0.1) is 0 Å². The molecule has 0 aliphatic heterocycles. The van der Waals surface area contributed by atoms with E-state index in [-0.39, 0.29) is 5.75 Å². The monoisotopic (exact) mass is 449 g/mol. The van der Waals surface area contributed by atoms with E-state index in [4.69, 9.17) is 9.47 Å². The average molecular weight is 449 g/mol. The highest BCUT2D eigenvalue weighted by atomic mass is 127. The number of carbonyl (C=O) groups is 1. The van der Waals surface area contributed by atoms with Gasteiger partial charge in [-0.2, -0.15) is 8.78 Å². The first-order valence-corrected chi connectivity index (χ1v) is 7.80. The van der Waals surface area contributed by atoms with E-state index in [0.29, 0.717) is 26.3 Å². The Balaban J connectivity index is 2.24. The van der Waals surface area contributed by atoms with Crippen molar-refractivity contribution < 1.29 is 27.8 Å². The molecule has 0 saturated carbocycles. The van der Waals surface area contributed by atoms with Crippen molar-refractivity contribution in [3.63, 3.8) is 0 Å². The fourth-order valence-corrected chi connectivity index (χ4v) is 2.66. The molecule has 0 aliphatic rings. The maximum atomic E-state index is 12.4. The van der Waals surface area contributed by atoms with Crippen LogP contribution in [0.4, 0.5) is 14.5 Å². The summed E-state index contributed by atoms with van der Waals surface area (Å²) in [7, 11) is 2.97. The van der Waals surface area contributed by atoms with Gasteiger partial charge < -0.3 is 19.5 Å². The molecule has 0 spiro atoms. The van der Waals surface area contributed by atoms with Crippen molar-refractivity contribution >= 4 is 34.2 Å². The van der Waals surface area contributed by atoms with Crippen LogP contribution in [0.15, 0.2) is 36.4 Å². The number of hydrogen-bond donors (Lipinski definition) is 1. The number of carbonyl (C=O) groups excluding carboxylic acids is 1. The third-order valence-electron chi connectivity index (χ3n) is 3.03. The fourth-order valence-electron chi connectivity index (χ4n) is 1.98. The zero-order valence-electron chi connectivity index (χ0n) is 12.8. The zero-order chi connectivity index (χ0) is 17.7. The van der Waals surface area contributed by atoms with Crippen LogP contribution < -0.4 is 19.5 Å². The van der Waals surface area contributed by atoms with Gasteiger partial charge in [-0.05, 0) is 46.9 Å². The highest BCUT2D eigenvalue weighted by molar-refractivity contribution is 14.1. The van der Waals surface area contributed by atoms with Crippen LogP contribution in [0.25, 0.3) is 0 Å². The van der Waals surface area contributed by atoms with Crippen LogP contribution in [0.5, 0.6) is 17.2 Å². The Morgan fingerprint density at radius 1 is 1.12 bits per heavy atom. The number of methoxy groups -OCH3 is 2. The summed E-state index contributed by atoms with van der Waals surface area (Å²) >= 11 is 2.00. The lowest BCUT2D eigenvalue weighted by Gasteiger charge is -2.12. The molecule has 0 heterocycles.